The number of carbonyl (C=O) groups excluding carboxylic acids is 1. The molecular weight excluding hydrogens is 372 g/mol. The lowest BCUT2D eigenvalue weighted by Gasteiger charge is -2.22. The number of hydrogen-bond donors (Lipinski definition) is 0. The fourth-order valence-electron chi connectivity index (χ4n) is 4.40. The first-order valence-corrected chi connectivity index (χ1v) is 10.4. The Morgan fingerprint density at radius 2 is 1.50 bits per heavy atom. The highest BCUT2D eigenvalue weighted by molar-refractivity contribution is 5.82. The number of fused-ring (bicyclic) bond motifs is 4. The summed E-state index contributed by atoms with van der Waals surface area (Å²) in [5.74, 6) is 0.0708. The second kappa shape index (κ2) is 7.71. The van der Waals surface area contributed by atoms with Gasteiger partial charge < -0.3 is 9.64 Å². The van der Waals surface area contributed by atoms with Crippen molar-refractivity contribution in [2.24, 2.45) is 0 Å². The average molecular weight is 395 g/mol. The minimum atomic E-state index is -0.287. The van der Waals surface area contributed by atoms with Crippen LogP contribution in [-0.4, -0.2) is 30.7 Å². The van der Waals surface area contributed by atoms with Crippen LogP contribution >= 0.6 is 0 Å². The van der Waals surface area contributed by atoms with Crippen molar-refractivity contribution in [1.29, 1.82) is 0 Å². The van der Waals surface area contributed by atoms with Crippen molar-refractivity contribution in [3.8, 4) is 11.1 Å². The number of benzene rings is 3. The van der Waals surface area contributed by atoms with E-state index in [1.165, 1.54) is 22.3 Å². The Balaban J connectivity index is 1.30. The molecule has 5 rings (SSSR count). The maximum absolute atomic E-state index is 12.9. The molecule has 0 N–H and O–H groups in total. The minimum absolute atomic E-state index is 0.0708. The van der Waals surface area contributed by atoms with Gasteiger partial charge in [0.05, 0.1) is 12.2 Å². The van der Waals surface area contributed by atoms with Crippen molar-refractivity contribution in [1.82, 2.24) is 10.2 Å². The number of ether oxygens (including phenoxy) is 1. The third-order valence-corrected chi connectivity index (χ3v) is 5.95. The van der Waals surface area contributed by atoms with E-state index in [0.717, 1.165) is 16.8 Å². The molecule has 3 aromatic carbocycles. The zero-order valence-electron chi connectivity index (χ0n) is 16.9. The second-order valence-corrected chi connectivity index (χ2v) is 7.62. The molecule has 0 spiro atoms. The lowest BCUT2D eigenvalue weighted by Crippen LogP contribution is -2.33. The van der Waals surface area contributed by atoms with Crippen molar-refractivity contribution < 1.29 is 9.53 Å². The number of hydrogen-bond acceptors (Lipinski definition) is 2. The number of para-hydroxylation sites is 1. The van der Waals surface area contributed by atoms with Crippen molar-refractivity contribution in [3.63, 3.8) is 0 Å². The van der Waals surface area contributed by atoms with Crippen LogP contribution in [0.4, 0.5) is 10.5 Å². The molecule has 0 fully saturated rings. The van der Waals surface area contributed by atoms with Gasteiger partial charge in [-0.05, 0) is 40.8 Å². The highest BCUT2D eigenvalue weighted by atomic mass is 16.6. The number of nitrogens with zero attached hydrogens (tertiary/aromatic N) is 2. The van der Waals surface area contributed by atoms with Gasteiger partial charge in [0.15, 0.2) is 0 Å². The zero-order valence-corrected chi connectivity index (χ0v) is 16.9. The van der Waals surface area contributed by atoms with E-state index < -0.39 is 0 Å². The van der Waals surface area contributed by atoms with Crippen LogP contribution in [0.1, 0.15) is 29.5 Å². The molecule has 3 aromatic rings. The molecular formula is C26H23N2O2. The van der Waals surface area contributed by atoms with E-state index in [-0.39, 0.29) is 12.0 Å². The Kier molecular flexibility index (Phi) is 4.75. The molecule has 30 heavy (non-hydrogen) atoms. The maximum atomic E-state index is 12.9. The van der Waals surface area contributed by atoms with E-state index in [0.29, 0.717) is 19.7 Å². The number of rotatable bonds is 5. The third kappa shape index (κ3) is 3.14. The summed E-state index contributed by atoms with van der Waals surface area (Å²) >= 11 is 0. The van der Waals surface area contributed by atoms with Gasteiger partial charge in [-0.2, -0.15) is 0 Å². The van der Waals surface area contributed by atoms with E-state index in [1.807, 2.05) is 49.5 Å². The van der Waals surface area contributed by atoms with Crippen LogP contribution in [0.3, 0.4) is 0 Å². The molecule has 0 aromatic heterocycles. The van der Waals surface area contributed by atoms with Gasteiger partial charge in [-0.3, -0.25) is 5.32 Å². The van der Waals surface area contributed by atoms with E-state index >= 15 is 0 Å². The van der Waals surface area contributed by atoms with Gasteiger partial charge in [-0.15, -0.1) is 0 Å². The van der Waals surface area contributed by atoms with Gasteiger partial charge in [0.25, 0.3) is 0 Å². The number of likely N-dealkylation sites (N-methyl/N-ethyl adjacent to an activating group) is 1. The molecule has 1 heterocycles. The number of amides is 1. The minimum Gasteiger partial charge on any atom is -0.448 e. The lowest BCUT2D eigenvalue weighted by atomic mass is 9.98. The van der Waals surface area contributed by atoms with Gasteiger partial charge >= 0.3 is 6.09 Å². The zero-order chi connectivity index (χ0) is 20.5. The largest absolute Gasteiger partial charge is 0.448 e. The van der Waals surface area contributed by atoms with E-state index in [4.69, 9.17) is 4.74 Å². The van der Waals surface area contributed by atoms with Gasteiger partial charge in [-0.25, -0.2) is 4.79 Å². The molecule has 149 valence electrons. The molecule has 0 saturated carbocycles. The van der Waals surface area contributed by atoms with Gasteiger partial charge in [0, 0.05) is 24.2 Å². The van der Waals surface area contributed by atoms with Crippen molar-refractivity contribution in [2.75, 3.05) is 19.7 Å². The Labute approximate surface area is 176 Å². The van der Waals surface area contributed by atoms with Crippen molar-refractivity contribution in [3.05, 3.63) is 95.7 Å². The first-order chi connectivity index (χ1) is 14.8. The summed E-state index contributed by atoms with van der Waals surface area (Å²) in [6, 6.07) is 24.8. The van der Waals surface area contributed by atoms with E-state index in [1.54, 1.807) is 4.90 Å². The van der Waals surface area contributed by atoms with Gasteiger partial charge in [-0.1, -0.05) is 66.7 Å². The molecule has 1 aliphatic heterocycles. The van der Waals surface area contributed by atoms with E-state index in [9.17, 15) is 4.79 Å². The highest BCUT2D eigenvalue weighted by Crippen LogP contribution is 2.44. The second-order valence-electron chi connectivity index (χ2n) is 7.62. The summed E-state index contributed by atoms with van der Waals surface area (Å²) in [7, 11) is 0. The molecule has 1 aliphatic carbocycles. The molecule has 0 saturated heterocycles. The Morgan fingerprint density at radius 3 is 2.17 bits per heavy atom. The molecule has 0 bridgehead atoms. The fraction of sp³-hybridized carbons (Fsp3) is 0.192. The predicted octanol–water partition coefficient (Wildman–Crippen LogP) is 5.55. The van der Waals surface area contributed by atoms with E-state index in [2.05, 4.69) is 41.7 Å². The van der Waals surface area contributed by atoms with Crippen LogP contribution in [0.5, 0.6) is 0 Å². The molecule has 4 heteroatoms. The summed E-state index contributed by atoms with van der Waals surface area (Å²) in [6.07, 6.45) is 1.56. The molecule has 1 amide bonds. The molecule has 1 radical (unpaired) electrons. The maximum Gasteiger partial charge on any atom is 0.410 e. The first kappa shape index (κ1) is 18.5. The summed E-state index contributed by atoms with van der Waals surface area (Å²) in [5.41, 5.74) is 7.99. The molecule has 4 nitrogen and oxygen atoms in total. The third-order valence-electron chi connectivity index (χ3n) is 5.95. The first-order valence-electron chi connectivity index (χ1n) is 10.4. The lowest BCUT2D eigenvalue weighted by molar-refractivity contribution is 0.106. The topological polar surface area (TPSA) is 43.6 Å². The van der Waals surface area contributed by atoms with Gasteiger partial charge in [0.1, 0.15) is 6.61 Å². The summed E-state index contributed by atoms with van der Waals surface area (Å²) in [6.45, 7) is 3.38. The molecule has 2 aliphatic rings. The van der Waals surface area contributed by atoms with Crippen LogP contribution in [0.2, 0.25) is 0 Å². The Hall–Kier alpha value is -3.53. The monoisotopic (exact) mass is 395 g/mol. The standard InChI is InChI=1S/C26H23N2O2/c1-2-28(16-18-15-27-25-14-8-7-9-19(18)25)26(29)30-17-24-22-12-5-3-10-20(22)21-11-4-6-13-23(21)24/h3-15,24H,2,16-17H2,1H3. The van der Waals surface area contributed by atoms with Gasteiger partial charge in [0.2, 0.25) is 0 Å². The summed E-state index contributed by atoms with van der Waals surface area (Å²) < 4.78 is 5.82. The molecule has 0 unspecified atom stereocenters. The van der Waals surface area contributed by atoms with Crippen LogP contribution in [0.15, 0.2) is 79.0 Å². The highest BCUT2D eigenvalue weighted by Gasteiger charge is 2.30. The van der Waals surface area contributed by atoms with Crippen molar-refractivity contribution in [2.45, 2.75) is 12.8 Å². The Bertz CT molecular complexity index is 1090. The van der Waals surface area contributed by atoms with Crippen LogP contribution < -0.4 is 5.32 Å². The normalized spacial score (nSPS) is 13.7. The SMILES string of the molecule is CCN(CC1=C[N]c2ccccc21)C(=O)OCC1c2ccccc2-c2ccccc21. The fourth-order valence-corrected chi connectivity index (χ4v) is 4.40. The Morgan fingerprint density at radius 1 is 0.900 bits per heavy atom. The predicted molar refractivity (Wildman–Crippen MR) is 119 cm³/mol. The molecule has 0 atom stereocenters. The quantitative estimate of drug-likeness (QED) is 0.569. The van der Waals surface area contributed by atoms with Crippen LogP contribution in [0.25, 0.3) is 16.7 Å². The number of carbonyl (C=O) groups is 1. The summed E-state index contributed by atoms with van der Waals surface area (Å²) in [4.78, 5) is 14.6. The summed E-state index contributed by atoms with van der Waals surface area (Å²) in [5, 5.41) is 4.45. The van der Waals surface area contributed by atoms with Crippen LogP contribution in [-0.2, 0) is 4.74 Å². The van der Waals surface area contributed by atoms with Crippen LogP contribution in [0, 0.1) is 0 Å². The smallest absolute Gasteiger partial charge is 0.410 e. The van der Waals surface area contributed by atoms with Crippen molar-refractivity contribution >= 4 is 17.4 Å². The average Bonchev–Trinajstić information content (AvgIpc) is 3.35.